The summed E-state index contributed by atoms with van der Waals surface area (Å²) in [6.45, 7) is 0.769. The molecule has 0 radical (unpaired) electrons. The molecule has 2 aromatic carbocycles. The van der Waals surface area contributed by atoms with Crippen molar-refractivity contribution in [3.8, 4) is 11.5 Å². The van der Waals surface area contributed by atoms with Gasteiger partial charge in [-0.25, -0.2) is 4.79 Å². The van der Waals surface area contributed by atoms with Crippen molar-refractivity contribution >= 4 is 16.8 Å². The molecule has 130 valence electrons. The van der Waals surface area contributed by atoms with Crippen LogP contribution >= 0.6 is 0 Å². The van der Waals surface area contributed by atoms with Crippen LogP contribution in [0.4, 0.5) is 4.79 Å². The van der Waals surface area contributed by atoms with Crippen LogP contribution in [0.1, 0.15) is 11.3 Å². The summed E-state index contributed by atoms with van der Waals surface area (Å²) in [4.78, 5) is 12.1. The number of benzene rings is 2. The summed E-state index contributed by atoms with van der Waals surface area (Å²) in [6.07, 6.45) is 1.59. The Morgan fingerprint density at radius 1 is 0.808 bits per heavy atom. The fourth-order valence-corrected chi connectivity index (χ4v) is 2.88. The minimum absolute atomic E-state index is 0.242. The summed E-state index contributed by atoms with van der Waals surface area (Å²) >= 11 is 0. The van der Waals surface area contributed by atoms with Crippen LogP contribution in [-0.4, -0.2) is 6.03 Å². The first-order valence-corrected chi connectivity index (χ1v) is 8.40. The highest BCUT2D eigenvalue weighted by atomic mass is 16.4. The molecule has 2 aromatic heterocycles. The van der Waals surface area contributed by atoms with Gasteiger partial charge in [-0.05, 0) is 40.6 Å². The fourth-order valence-electron chi connectivity index (χ4n) is 2.88. The maximum atomic E-state index is 12.1. The molecule has 5 heteroatoms. The average molecular weight is 346 g/mol. The maximum absolute atomic E-state index is 12.1. The van der Waals surface area contributed by atoms with Crippen LogP contribution in [0.3, 0.4) is 0 Å². The maximum Gasteiger partial charge on any atom is 0.315 e. The summed E-state index contributed by atoms with van der Waals surface area (Å²) in [5.74, 6) is 1.97. The van der Waals surface area contributed by atoms with E-state index in [1.807, 2.05) is 42.5 Å². The van der Waals surface area contributed by atoms with Crippen LogP contribution in [-0.2, 0) is 13.1 Å². The van der Waals surface area contributed by atoms with Gasteiger partial charge in [0.1, 0.15) is 5.76 Å². The summed E-state index contributed by atoms with van der Waals surface area (Å²) in [5.41, 5.74) is 1.08. The minimum Gasteiger partial charge on any atom is -0.461 e. The van der Waals surface area contributed by atoms with Gasteiger partial charge in [0.25, 0.3) is 0 Å². The summed E-state index contributed by atoms with van der Waals surface area (Å²) < 4.78 is 11.0. The van der Waals surface area contributed by atoms with E-state index in [1.165, 1.54) is 0 Å². The number of nitrogens with one attached hydrogen (secondary N) is 2. The molecule has 4 rings (SSSR count). The van der Waals surface area contributed by atoms with E-state index in [9.17, 15) is 4.79 Å². The van der Waals surface area contributed by atoms with E-state index in [-0.39, 0.29) is 6.03 Å². The lowest BCUT2D eigenvalue weighted by atomic mass is 10.0. The second kappa shape index (κ2) is 7.19. The highest BCUT2D eigenvalue weighted by molar-refractivity contribution is 5.86. The molecular weight excluding hydrogens is 328 g/mol. The van der Waals surface area contributed by atoms with Gasteiger partial charge in [-0.2, -0.15) is 0 Å². The van der Waals surface area contributed by atoms with E-state index in [2.05, 4.69) is 28.8 Å². The second-order valence-corrected chi connectivity index (χ2v) is 5.92. The van der Waals surface area contributed by atoms with Gasteiger partial charge in [0, 0.05) is 6.54 Å². The largest absolute Gasteiger partial charge is 0.461 e. The smallest absolute Gasteiger partial charge is 0.315 e. The van der Waals surface area contributed by atoms with Gasteiger partial charge >= 0.3 is 6.03 Å². The van der Waals surface area contributed by atoms with Crippen molar-refractivity contribution in [2.45, 2.75) is 13.1 Å². The Hall–Kier alpha value is -3.47. The Bertz CT molecular complexity index is 1010. The normalized spacial score (nSPS) is 10.8. The van der Waals surface area contributed by atoms with Crippen LogP contribution in [0.2, 0.25) is 0 Å². The van der Waals surface area contributed by atoms with Crippen molar-refractivity contribution < 1.29 is 13.6 Å². The quantitative estimate of drug-likeness (QED) is 0.551. The van der Waals surface area contributed by atoms with Gasteiger partial charge in [0.15, 0.2) is 11.5 Å². The number of rotatable bonds is 5. The van der Waals surface area contributed by atoms with Crippen LogP contribution in [0.5, 0.6) is 0 Å². The molecule has 0 saturated carbocycles. The fraction of sp³-hybridized carbons (Fsp3) is 0.0952. The molecule has 0 saturated heterocycles. The standard InChI is InChI=1S/C21H18N2O3/c24-21(22-13-16-7-3-6-15-5-1-2-8-18(15)16)23-14-17-10-11-20(26-17)19-9-4-12-25-19/h1-12H,13-14H2,(H2,22,23,24). The molecule has 0 aliphatic carbocycles. The molecule has 0 atom stereocenters. The van der Waals surface area contributed by atoms with E-state index in [4.69, 9.17) is 8.83 Å². The zero-order chi connectivity index (χ0) is 17.8. The Morgan fingerprint density at radius 3 is 2.54 bits per heavy atom. The Kier molecular flexibility index (Phi) is 4.43. The molecule has 5 nitrogen and oxygen atoms in total. The Labute approximate surface area is 150 Å². The number of urea groups is 1. The number of fused-ring (bicyclic) bond motifs is 1. The van der Waals surface area contributed by atoms with Gasteiger partial charge in [-0.15, -0.1) is 0 Å². The number of hydrogen-bond donors (Lipinski definition) is 2. The second-order valence-electron chi connectivity index (χ2n) is 5.92. The summed E-state index contributed by atoms with van der Waals surface area (Å²) in [5, 5.41) is 7.99. The third-order valence-corrected chi connectivity index (χ3v) is 4.17. The summed E-state index contributed by atoms with van der Waals surface area (Å²) in [7, 11) is 0. The minimum atomic E-state index is -0.242. The molecule has 26 heavy (non-hydrogen) atoms. The third kappa shape index (κ3) is 3.47. The van der Waals surface area contributed by atoms with Gasteiger partial charge in [-0.1, -0.05) is 42.5 Å². The van der Waals surface area contributed by atoms with Crippen LogP contribution in [0.15, 0.2) is 81.8 Å². The lowest BCUT2D eigenvalue weighted by Crippen LogP contribution is -2.34. The highest BCUT2D eigenvalue weighted by Gasteiger charge is 2.08. The first-order valence-electron chi connectivity index (χ1n) is 8.40. The Morgan fingerprint density at radius 2 is 1.65 bits per heavy atom. The monoisotopic (exact) mass is 346 g/mol. The van der Waals surface area contributed by atoms with Gasteiger partial charge in [0.2, 0.25) is 0 Å². The van der Waals surface area contributed by atoms with Gasteiger partial charge in [0.05, 0.1) is 12.8 Å². The topological polar surface area (TPSA) is 67.4 Å². The molecule has 0 unspecified atom stereocenters. The van der Waals surface area contributed by atoms with E-state index in [0.29, 0.717) is 30.4 Å². The molecule has 4 aromatic rings. The van der Waals surface area contributed by atoms with Crippen molar-refractivity contribution in [3.05, 3.63) is 84.3 Å². The molecule has 0 spiro atoms. The molecule has 2 heterocycles. The first-order chi connectivity index (χ1) is 12.8. The zero-order valence-electron chi connectivity index (χ0n) is 14.1. The molecule has 0 aliphatic rings. The van der Waals surface area contributed by atoms with Gasteiger partial charge < -0.3 is 19.5 Å². The molecule has 0 bridgehead atoms. The predicted octanol–water partition coefficient (Wildman–Crippen LogP) is 4.69. The van der Waals surface area contributed by atoms with Crippen molar-refractivity contribution in [1.29, 1.82) is 0 Å². The molecule has 0 fully saturated rings. The van der Waals surface area contributed by atoms with Crippen molar-refractivity contribution in [2.24, 2.45) is 0 Å². The Balaban J connectivity index is 1.33. The van der Waals surface area contributed by atoms with Gasteiger partial charge in [-0.3, -0.25) is 0 Å². The van der Waals surface area contributed by atoms with Crippen LogP contribution in [0.25, 0.3) is 22.3 Å². The SMILES string of the molecule is O=C(NCc1ccc(-c2ccco2)o1)NCc1cccc2ccccc12. The lowest BCUT2D eigenvalue weighted by molar-refractivity contribution is 0.239. The number of carbonyl (C=O) groups is 1. The molecule has 2 N–H and O–H groups in total. The predicted molar refractivity (Wildman–Crippen MR) is 99.4 cm³/mol. The average Bonchev–Trinajstić information content (AvgIpc) is 3.36. The van der Waals surface area contributed by atoms with E-state index in [0.717, 1.165) is 16.3 Å². The van der Waals surface area contributed by atoms with Crippen molar-refractivity contribution in [3.63, 3.8) is 0 Å². The third-order valence-electron chi connectivity index (χ3n) is 4.17. The highest BCUT2D eigenvalue weighted by Crippen LogP contribution is 2.22. The molecule has 0 aliphatic heterocycles. The van der Waals surface area contributed by atoms with Crippen LogP contribution < -0.4 is 10.6 Å². The van der Waals surface area contributed by atoms with Crippen molar-refractivity contribution in [2.75, 3.05) is 0 Å². The summed E-state index contributed by atoms with van der Waals surface area (Å²) in [6, 6.07) is 21.2. The zero-order valence-corrected chi connectivity index (χ0v) is 14.1. The number of carbonyl (C=O) groups excluding carboxylic acids is 1. The number of furan rings is 2. The molecular formula is C21H18N2O3. The first kappa shape index (κ1) is 16.0. The van der Waals surface area contributed by atoms with E-state index >= 15 is 0 Å². The van der Waals surface area contributed by atoms with E-state index in [1.54, 1.807) is 12.3 Å². The van der Waals surface area contributed by atoms with Crippen LogP contribution in [0, 0.1) is 0 Å². The lowest BCUT2D eigenvalue weighted by Gasteiger charge is -2.09. The molecule has 2 amide bonds. The number of amides is 2. The van der Waals surface area contributed by atoms with E-state index < -0.39 is 0 Å². The number of hydrogen-bond acceptors (Lipinski definition) is 3. The van der Waals surface area contributed by atoms with Crippen molar-refractivity contribution in [1.82, 2.24) is 10.6 Å².